The summed E-state index contributed by atoms with van der Waals surface area (Å²) in [7, 11) is 0. The molecule has 19 heteroatoms. The highest BCUT2D eigenvalue weighted by Crippen LogP contribution is 2.25. The van der Waals surface area contributed by atoms with Crippen molar-refractivity contribution < 1.29 is 48.3 Å². The third-order valence-corrected chi connectivity index (χ3v) is 12.2. The predicted molar refractivity (Wildman–Crippen MR) is 225 cm³/mol. The Labute approximate surface area is 359 Å². The number of hydrogen-bond acceptors (Lipinski definition) is 10. The number of rotatable bonds is 21. The molecule has 0 bridgehead atoms. The normalized spacial score (nSPS) is 22.0. The molecular formula is C42H71N9O10. The van der Waals surface area contributed by atoms with Gasteiger partial charge in [-0.05, 0) is 75.0 Å². The molecule has 3 fully saturated rings. The quantitative estimate of drug-likeness (QED) is 0.0805. The highest BCUT2D eigenvalue weighted by atomic mass is 16.4. The fourth-order valence-corrected chi connectivity index (χ4v) is 8.27. The summed E-state index contributed by atoms with van der Waals surface area (Å²) in [4.78, 5) is 124. The van der Waals surface area contributed by atoms with E-state index in [1.807, 2.05) is 27.7 Å². The number of carboxylic acid groups (broad SMARTS) is 1. The van der Waals surface area contributed by atoms with Crippen LogP contribution in [0.4, 0.5) is 0 Å². The summed E-state index contributed by atoms with van der Waals surface area (Å²) in [5, 5.41) is 20.6. The molecule has 3 rings (SSSR count). The Hall–Kier alpha value is -4.81. The van der Waals surface area contributed by atoms with E-state index in [0.717, 1.165) is 0 Å². The maximum atomic E-state index is 14.2. The van der Waals surface area contributed by atoms with Crippen molar-refractivity contribution in [2.75, 3.05) is 19.6 Å². The monoisotopic (exact) mass is 862 g/mol. The number of nitrogens with zero attached hydrogens (tertiary/aromatic N) is 3. The predicted octanol–water partition coefficient (Wildman–Crippen LogP) is -0.0198. The molecule has 61 heavy (non-hydrogen) atoms. The van der Waals surface area contributed by atoms with Gasteiger partial charge in [-0.3, -0.25) is 38.4 Å². The lowest BCUT2D eigenvalue weighted by atomic mass is 9.98. The molecule has 3 saturated heterocycles. The number of aliphatic carboxylic acids is 1. The van der Waals surface area contributed by atoms with E-state index in [1.54, 1.807) is 27.7 Å². The van der Waals surface area contributed by atoms with Crippen molar-refractivity contribution in [2.45, 2.75) is 168 Å². The van der Waals surface area contributed by atoms with Crippen LogP contribution in [0.3, 0.4) is 0 Å². The standard InChI is InChI=1S/C42H71N9O10/c1-9-25(8)32(44)39(57)49-18-10-14-29(49)38(56)48-34(24(6)7)40(58)50-19-11-13-28(50)37(55)45-26(16-17-31(43)52)35(53)46-27(21-22(2)3)36(54)47-33(23(4)5)41(59)51-20-12-15-30(51)42(60)61/h22-30,32-34H,9-21,44H2,1-8H3,(H2,43,52)(H,45,55)(H,46,53)(H,47,54)(H,48,56)(H,60,61)/t25-,26-,27-,28-,29-,30-,32-,33-,34-/m0/s1. The molecule has 3 heterocycles. The Morgan fingerprint density at radius 1 is 0.623 bits per heavy atom. The number of carboxylic acids is 1. The van der Waals surface area contributed by atoms with Crippen molar-refractivity contribution in [3.8, 4) is 0 Å². The number of carbonyl (C=O) groups excluding carboxylic acids is 8. The molecule has 0 aromatic heterocycles. The number of nitrogens with one attached hydrogen (secondary N) is 4. The molecule has 8 amide bonds. The molecule has 344 valence electrons. The van der Waals surface area contributed by atoms with Crippen LogP contribution in [0.15, 0.2) is 0 Å². The first-order valence-corrected chi connectivity index (χ1v) is 22.0. The highest BCUT2D eigenvalue weighted by molar-refractivity contribution is 5.98. The summed E-state index contributed by atoms with van der Waals surface area (Å²) in [6.45, 7) is 15.2. The van der Waals surface area contributed by atoms with Crippen molar-refractivity contribution in [1.82, 2.24) is 36.0 Å². The molecule has 0 saturated carbocycles. The lowest BCUT2D eigenvalue weighted by molar-refractivity contribution is -0.150. The Morgan fingerprint density at radius 2 is 1.07 bits per heavy atom. The van der Waals surface area contributed by atoms with Crippen LogP contribution in [-0.2, 0) is 43.2 Å². The first kappa shape index (κ1) is 50.5. The molecule has 3 aliphatic rings. The third kappa shape index (κ3) is 13.3. The molecule has 0 radical (unpaired) electrons. The van der Waals surface area contributed by atoms with Crippen LogP contribution >= 0.6 is 0 Å². The maximum absolute atomic E-state index is 14.2. The zero-order chi connectivity index (χ0) is 45.9. The summed E-state index contributed by atoms with van der Waals surface area (Å²) in [6, 6.07) is -8.24. The number of primary amides is 1. The zero-order valence-corrected chi connectivity index (χ0v) is 37.2. The smallest absolute Gasteiger partial charge is 0.326 e. The molecule has 0 unspecified atom stereocenters. The number of hydrogen-bond donors (Lipinski definition) is 7. The van der Waals surface area contributed by atoms with Gasteiger partial charge >= 0.3 is 5.97 Å². The average molecular weight is 862 g/mol. The van der Waals surface area contributed by atoms with Gasteiger partial charge in [0.25, 0.3) is 0 Å². The van der Waals surface area contributed by atoms with E-state index in [1.165, 1.54) is 14.7 Å². The number of amides is 8. The number of carbonyl (C=O) groups is 9. The van der Waals surface area contributed by atoms with Gasteiger partial charge in [0.1, 0.15) is 42.3 Å². The van der Waals surface area contributed by atoms with Gasteiger partial charge in [-0.2, -0.15) is 0 Å². The molecule has 19 nitrogen and oxygen atoms in total. The van der Waals surface area contributed by atoms with E-state index in [0.29, 0.717) is 45.1 Å². The Morgan fingerprint density at radius 3 is 1.52 bits per heavy atom. The van der Waals surface area contributed by atoms with Crippen molar-refractivity contribution in [3.05, 3.63) is 0 Å². The zero-order valence-electron chi connectivity index (χ0n) is 37.2. The number of nitrogens with two attached hydrogens (primary N) is 2. The fourth-order valence-electron chi connectivity index (χ4n) is 8.27. The SMILES string of the molecule is CC[C@H](C)[C@H](N)C(=O)N1CCC[C@H]1C(=O)N[C@H](C(=O)N1CCC[C@H]1C(=O)N[C@@H](CCC(N)=O)C(=O)N[C@@H](CC(C)C)C(=O)N[C@H](C(=O)N1CCC[C@H]1C(=O)O)C(C)C)C(C)C. The highest BCUT2D eigenvalue weighted by Gasteiger charge is 2.44. The third-order valence-electron chi connectivity index (χ3n) is 12.2. The van der Waals surface area contributed by atoms with Gasteiger partial charge in [0.2, 0.25) is 47.3 Å². The summed E-state index contributed by atoms with van der Waals surface area (Å²) in [6.07, 6.45) is 2.84. The lowest BCUT2D eigenvalue weighted by Gasteiger charge is -2.33. The van der Waals surface area contributed by atoms with Crippen LogP contribution in [0, 0.1) is 23.7 Å². The van der Waals surface area contributed by atoms with Crippen LogP contribution in [-0.4, -0.2) is 141 Å². The minimum Gasteiger partial charge on any atom is -0.480 e. The molecule has 9 N–H and O–H groups in total. The van der Waals surface area contributed by atoms with E-state index >= 15 is 0 Å². The first-order chi connectivity index (χ1) is 28.6. The summed E-state index contributed by atoms with van der Waals surface area (Å²) in [5.74, 6) is -6.89. The van der Waals surface area contributed by atoms with Crippen LogP contribution in [0.2, 0.25) is 0 Å². The van der Waals surface area contributed by atoms with Crippen LogP contribution < -0.4 is 32.7 Å². The van der Waals surface area contributed by atoms with Gasteiger partial charge in [-0.15, -0.1) is 0 Å². The first-order valence-electron chi connectivity index (χ1n) is 22.0. The van der Waals surface area contributed by atoms with E-state index in [9.17, 15) is 48.3 Å². The van der Waals surface area contributed by atoms with E-state index in [2.05, 4.69) is 21.3 Å². The van der Waals surface area contributed by atoms with Gasteiger partial charge in [0.05, 0.1) is 6.04 Å². The van der Waals surface area contributed by atoms with E-state index in [-0.39, 0.29) is 56.5 Å². The lowest BCUT2D eigenvalue weighted by Crippen LogP contribution is -2.61. The van der Waals surface area contributed by atoms with E-state index in [4.69, 9.17) is 11.5 Å². The number of likely N-dealkylation sites (tertiary alicyclic amines) is 3. The minimum atomic E-state index is -1.35. The van der Waals surface area contributed by atoms with Gasteiger partial charge in [-0.1, -0.05) is 61.8 Å². The fraction of sp³-hybridized carbons (Fsp3) is 0.786. The maximum Gasteiger partial charge on any atom is 0.326 e. The van der Waals surface area contributed by atoms with Crippen LogP contribution in [0.1, 0.15) is 120 Å². The summed E-state index contributed by atoms with van der Waals surface area (Å²) >= 11 is 0. The van der Waals surface area contributed by atoms with Crippen molar-refractivity contribution in [1.29, 1.82) is 0 Å². The second kappa shape index (κ2) is 22.9. The Balaban J connectivity index is 1.78. The minimum absolute atomic E-state index is 0.0850. The molecule has 3 aliphatic heterocycles. The molecule has 9 atom stereocenters. The Kier molecular flexibility index (Phi) is 18.9. The van der Waals surface area contributed by atoms with Gasteiger partial charge in [0, 0.05) is 26.1 Å². The largest absolute Gasteiger partial charge is 0.480 e. The van der Waals surface area contributed by atoms with E-state index < -0.39 is 107 Å². The molecule has 0 aromatic carbocycles. The van der Waals surface area contributed by atoms with Crippen LogP contribution in [0.25, 0.3) is 0 Å². The second-order valence-electron chi connectivity index (χ2n) is 18.0. The molecular weight excluding hydrogens is 791 g/mol. The molecule has 0 spiro atoms. The van der Waals surface area contributed by atoms with Gasteiger partial charge in [0.15, 0.2) is 0 Å². The molecule has 0 aliphatic carbocycles. The topological polar surface area (TPSA) is 284 Å². The molecule has 0 aromatic rings. The van der Waals surface area contributed by atoms with Crippen molar-refractivity contribution in [2.24, 2.45) is 35.1 Å². The second-order valence-corrected chi connectivity index (χ2v) is 18.0. The summed E-state index contributed by atoms with van der Waals surface area (Å²) in [5.41, 5.74) is 11.7. The van der Waals surface area contributed by atoms with Crippen molar-refractivity contribution in [3.63, 3.8) is 0 Å². The van der Waals surface area contributed by atoms with Gasteiger partial charge in [-0.25, -0.2) is 4.79 Å². The summed E-state index contributed by atoms with van der Waals surface area (Å²) < 4.78 is 0. The van der Waals surface area contributed by atoms with Gasteiger partial charge < -0.3 is 52.5 Å². The Bertz CT molecular complexity index is 1620. The van der Waals surface area contributed by atoms with Crippen molar-refractivity contribution >= 4 is 53.2 Å². The van der Waals surface area contributed by atoms with Crippen LogP contribution in [0.5, 0.6) is 0 Å². The average Bonchev–Trinajstić information content (AvgIpc) is 4.00.